The van der Waals surface area contributed by atoms with Gasteiger partial charge in [-0.05, 0) is 40.0 Å². The molecule has 41 heavy (non-hydrogen) atoms. The maximum atomic E-state index is 13.7. The molecular formula is C27H45N5O9. The van der Waals surface area contributed by atoms with E-state index in [2.05, 4.69) is 22.5 Å². The van der Waals surface area contributed by atoms with Gasteiger partial charge in [-0.1, -0.05) is 33.3 Å². The number of rotatable bonds is 14. The van der Waals surface area contributed by atoms with Crippen LogP contribution >= 0.6 is 0 Å². The van der Waals surface area contributed by atoms with E-state index in [-0.39, 0.29) is 26.1 Å². The van der Waals surface area contributed by atoms with Crippen molar-refractivity contribution in [3.8, 4) is 0 Å². The summed E-state index contributed by atoms with van der Waals surface area (Å²) >= 11 is 0. The van der Waals surface area contributed by atoms with Crippen LogP contribution in [0, 0.1) is 5.92 Å². The van der Waals surface area contributed by atoms with Gasteiger partial charge in [-0.15, -0.1) is 6.58 Å². The molecule has 0 spiro atoms. The second-order valence-electron chi connectivity index (χ2n) is 10.9. The maximum absolute atomic E-state index is 13.7. The number of aliphatic hydroxyl groups excluding tert-OH is 1. The van der Waals surface area contributed by atoms with Crippen molar-refractivity contribution < 1.29 is 43.3 Å². The number of urea groups is 1. The van der Waals surface area contributed by atoms with Crippen LogP contribution in [0.3, 0.4) is 0 Å². The molecule has 1 heterocycles. The Bertz CT molecular complexity index is 979. The molecule has 4 unspecified atom stereocenters. The number of imide groups is 1. The largest absolute Gasteiger partial charge is 0.465 e. The number of carbonyl (C=O) groups is 6. The molecule has 6 amide bonds. The van der Waals surface area contributed by atoms with E-state index in [0.717, 1.165) is 4.90 Å². The summed E-state index contributed by atoms with van der Waals surface area (Å²) in [4.78, 5) is 79.3. The highest BCUT2D eigenvalue weighted by molar-refractivity contribution is 6.05. The normalized spacial score (nSPS) is 17.4. The van der Waals surface area contributed by atoms with E-state index in [1.54, 1.807) is 48.5 Å². The molecule has 0 aliphatic carbocycles. The average Bonchev–Trinajstić information content (AvgIpc) is 3.19. The Morgan fingerprint density at radius 2 is 1.78 bits per heavy atom. The molecule has 0 aromatic heterocycles. The van der Waals surface area contributed by atoms with Crippen LogP contribution in [0.5, 0.6) is 0 Å². The molecule has 14 nitrogen and oxygen atoms in total. The number of hydrogen-bond acceptors (Lipinski definition) is 9. The number of nitrogens with one attached hydrogen (secondary N) is 3. The summed E-state index contributed by atoms with van der Waals surface area (Å²) in [6.07, 6.45) is -0.372. The van der Waals surface area contributed by atoms with Crippen molar-refractivity contribution in [2.75, 3.05) is 26.2 Å². The third-order valence-electron chi connectivity index (χ3n) is 5.95. The van der Waals surface area contributed by atoms with Gasteiger partial charge in [0.25, 0.3) is 11.8 Å². The van der Waals surface area contributed by atoms with Gasteiger partial charge < -0.3 is 35.4 Å². The molecule has 0 aromatic rings. The number of esters is 1. The predicted octanol–water partition coefficient (Wildman–Crippen LogP) is 0.680. The van der Waals surface area contributed by atoms with Gasteiger partial charge in [0.1, 0.15) is 24.2 Å². The first-order chi connectivity index (χ1) is 19.1. The molecule has 4 atom stereocenters. The molecule has 1 aliphatic rings. The van der Waals surface area contributed by atoms with Crippen molar-refractivity contribution in [2.24, 2.45) is 5.92 Å². The standard InChI is InChI=1S/C27H45N5O9/c1-9-12-17(21(34)23(36)28-13-10-2)29-22(35)18-14-31(15-19(33)40-11-3)26(39)32(18)24(37)20(16(4)5)30-25(38)41-27(6,7)8/h10,16-18,20-21,34H,2,9,11-15H2,1,3-8H3,(H,28,36)(H,29,35)(H,30,38). The first kappa shape index (κ1) is 35.3. The minimum Gasteiger partial charge on any atom is -0.465 e. The smallest absolute Gasteiger partial charge is 0.408 e. The Labute approximate surface area is 241 Å². The van der Waals surface area contributed by atoms with Gasteiger partial charge in [0, 0.05) is 6.54 Å². The lowest BCUT2D eigenvalue weighted by Crippen LogP contribution is -2.59. The van der Waals surface area contributed by atoms with E-state index in [1.807, 2.05) is 0 Å². The summed E-state index contributed by atoms with van der Waals surface area (Å²) in [5.74, 6) is -3.70. The van der Waals surface area contributed by atoms with Crippen molar-refractivity contribution in [1.29, 1.82) is 0 Å². The zero-order chi connectivity index (χ0) is 31.5. The first-order valence-corrected chi connectivity index (χ1v) is 13.7. The van der Waals surface area contributed by atoms with Crippen LogP contribution < -0.4 is 16.0 Å². The maximum Gasteiger partial charge on any atom is 0.408 e. The summed E-state index contributed by atoms with van der Waals surface area (Å²) in [6, 6.07) is -4.66. The third-order valence-corrected chi connectivity index (χ3v) is 5.95. The zero-order valence-corrected chi connectivity index (χ0v) is 25.0. The summed E-state index contributed by atoms with van der Waals surface area (Å²) in [5.41, 5.74) is -0.857. The minimum atomic E-state index is -1.62. The average molecular weight is 584 g/mol. The number of nitrogens with zero attached hydrogens (tertiary/aromatic N) is 2. The highest BCUT2D eigenvalue weighted by atomic mass is 16.6. The van der Waals surface area contributed by atoms with Gasteiger partial charge >= 0.3 is 18.1 Å². The molecule has 0 radical (unpaired) electrons. The molecule has 4 N–H and O–H groups in total. The van der Waals surface area contributed by atoms with Crippen LogP contribution in [0.2, 0.25) is 0 Å². The van der Waals surface area contributed by atoms with Crippen LogP contribution in [-0.4, -0.2) is 107 Å². The highest BCUT2D eigenvalue weighted by Gasteiger charge is 2.49. The lowest BCUT2D eigenvalue weighted by atomic mass is 10.0. The Morgan fingerprint density at radius 1 is 1.15 bits per heavy atom. The van der Waals surface area contributed by atoms with Gasteiger partial charge in [-0.2, -0.15) is 0 Å². The van der Waals surface area contributed by atoms with Gasteiger partial charge in [0.05, 0.1) is 19.2 Å². The highest BCUT2D eigenvalue weighted by Crippen LogP contribution is 2.21. The Morgan fingerprint density at radius 3 is 2.29 bits per heavy atom. The van der Waals surface area contributed by atoms with Crippen LogP contribution in [0.4, 0.5) is 9.59 Å². The number of amides is 6. The lowest BCUT2D eigenvalue weighted by molar-refractivity contribution is -0.143. The number of alkyl carbamates (subject to hydrolysis) is 1. The molecule has 1 saturated heterocycles. The summed E-state index contributed by atoms with van der Waals surface area (Å²) < 4.78 is 10.2. The van der Waals surface area contributed by atoms with Crippen molar-refractivity contribution >= 4 is 35.8 Å². The van der Waals surface area contributed by atoms with Crippen LogP contribution in [0.25, 0.3) is 0 Å². The number of ether oxygens (including phenoxy) is 2. The molecule has 1 aliphatic heterocycles. The van der Waals surface area contributed by atoms with Gasteiger partial charge in [-0.3, -0.25) is 19.2 Å². The molecule has 0 aromatic carbocycles. The van der Waals surface area contributed by atoms with E-state index < -0.39 is 78.1 Å². The third kappa shape index (κ3) is 10.7. The van der Waals surface area contributed by atoms with Crippen molar-refractivity contribution in [1.82, 2.24) is 25.8 Å². The van der Waals surface area contributed by atoms with E-state index in [0.29, 0.717) is 11.3 Å². The fourth-order valence-corrected chi connectivity index (χ4v) is 4.05. The fraction of sp³-hybridized carbons (Fsp3) is 0.704. The molecule has 1 fully saturated rings. The van der Waals surface area contributed by atoms with Crippen LogP contribution in [0.1, 0.15) is 61.3 Å². The van der Waals surface area contributed by atoms with Crippen LogP contribution in [-0.2, 0) is 28.7 Å². The minimum absolute atomic E-state index is 0.0627. The summed E-state index contributed by atoms with van der Waals surface area (Å²) in [6.45, 7) is 14.4. The molecule has 1 rings (SSSR count). The summed E-state index contributed by atoms with van der Waals surface area (Å²) in [7, 11) is 0. The van der Waals surface area contributed by atoms with E-state index >= 15 is 0 Å². The topological polar surface area (TPSA) is 184 Å². The molecule has 232 valence electrons. The lowest BCUT2D eigenvalue weighted by Gasteiger charge is -2.30. The molecular weight excluding hydrogens is 538 g/mol. The van der Waals surface area contributed by atoms with Crippen molar-refractivity contribution in [2.45, 2.75) is 91.1 Å². The molecule has 0 saturated carbocycles. The van der Waals surface area contributed by atoms with E-state index in [4.69, 9.17) is 9.47 Å². The van der Waals surface area contributed by atoms with Crippen LogP contribution in [0.15, 0.2) is 12.7 Å². The second-order valence-corrected chi connectivity index (χ2v) is 10.9. The first-order valence-electron chi connectivity index (χ1n) is 13.7. The predicted molar refractivity (Wildman–Crippen MR) is 148 cm³/mol. The van der Waals surface area contributed by atoms with Gasteiger partial charge in [0.15, 0.2) is 6.10 Å². The SMILES string of the molecule is C=CCNC(=O)C(O)C(CCC)NC(=O)C1CN(CC(=O)OCC)C(=O)N1C(=O)C(NC(=O)OC(C)(C)C)C(C)C. The summed E-state index contributed by atoms with van der Waals surface area (Å²) in [5, 5.41) is 18.1. The fourth-order valence-electron chi connectivity index (χ4n) is 4.05. The Kier molecular flexibility index (Phi) is 13.7. The van der Waals surface area contributed by atoms with Crippen molar-refractivity contribution in [3.05, 3.63) is 12.7 Å². The quantitative estimate of drug-likeness (QED) is 0.169. The Hall–Kier alpha value is -3.68. The molecule has 0 bridgehead atoms. The monoisotopic (exact) mass is 583 g/mol. The Balaban J connectivity index is 3.34. The zero-order valence-electron chi connectivity index (χ0n) is 25.0. The second kappa shape index (κ2) is 15.9. The number of aliphatic hydroxyl groups is 1. The number of carbonyl (C=O) groups excluding carboxylic acids is 6. The van der Waals surface area contributed by atoms with Gasteiger partial charge in [0.2, 0.25) is 5.91 Å². The number of hydrogen-bond donors (Lipinski definition) is 4. The van der Waals surface area contributed by atoms with E-state index in [9.17, 15) is 33.9 Å². The van der Waals surface area contributed by atoms with Gasteiger partial charge in [-0.25, -0.2) is 14.5 Å². The molecule has 14 heteroatoms. The van der Waals surface area contributed by atoms with E-state index in [1.165, 1.54) is 6.08 Å². The van der Waals surface area contributed by atoms with Crippen molar-refractivity contribution in [3.63, 3.8) is 0 Å².